The van der Waals surface area contributed by atoms with E-state index in [1.54, 1.807) is 0 Å². The SMILES string of the molecule is CC1(C)c2ccccc2-c2ccc(-n3c(-c4cccc5c4sc4ccccc45)cc4c3cc(-c3cccc5c3sc3ccccc35)n4-c3ccc4c(c3)C(C)(C)c3ccccc3-4)cc21. The van der Waals surface area contributed by atoms with Crippen molar-refractivity contribution in [1.82, 2.24) is 9.13 Å². The Balaban J connectivity index is 1.10. The Morgan fingerprint density at radius 2 is 0.703 bits per heavy atom. The van der Waals surface area contributed by atoms with E-state index in [0.29, 0.717) is 0 Å². The number of nitrogens with zero attached hydrogens (tertiary/aromatic N) is 2. The molecular formula is C60H42N2S2. The lowest BCUT2D eigenvalue weighted by Gasteiger charge is -2.22. The number of hydrogen-bond acceptors (Lipinski definition) is 2. The summed E-state index contributed by atoms with van der Waals surface area (Å²) < 4.78 is 10.4. The van der Waals surface area contributed by atoms with Crippen molar-refractivity contribution in [3.05, 3.63) is 204 Å². The predicted octanol–water partition coefficient (Wildman–Crippen LogP) is 17.1. The third-order valence-electron chi connectivity index (χ3n) is 14.8. The van der Waals surface area contributed by atoms with Crippen LogP contribution >= 0.6 is 22.7 Å². The molecule has 0 unspecified atom stereocenters. The highest BCUT2D eigenvalue weighted by molar-refractivity contribution is 7.26. The Morgan fingerprint density at radius 3 is 1.17 bits per heavy atom. The van der Waals surface area contributed by atoms with E-state index in [2.05, 4.69) is 219 Å². The molecule has 0 saturated heterocycles. The molecule has 0 bridgehead atoms. The normalized spacial score (nSPS) is 14.5. The first-order valence-corrected chi connectivity index (χ1v) is 24.0. The topological polar surface area (TPSA) is 9.86 Å². The van der Waals surface area contributed by atoms with Crippen LogP contribution in [0.4, 0.5) is 0 Å². The molecule has 4 heterocycles. The molecule has 0 N–H and O–H groups in total. The van der Waals surface area contributed by atoms with E-state index in [1.165, 1.54) is 130 Å². The van der Waals surface area contributed by atoms with Gasteiger partial charge in [0.25, 0.3) is 0 Å². The van der Waals surface area contributed by atoms with Crippen molar-refractivity contribution in [2.45, 2.75) is 38.5 Å². The Hall–Kier alpha value is -6.98. The lowest BCUT2D eigenvalue weighted by Crippen LogP contribution is -2.15. The van der Waals surface area contributed by atoms with Crippen molar-refractivity contribution in [1.29, 1.82) is 0 Å². The minimum Gasteiger partial charge on any atom is -0.308 e. The fourth-order valence-electron chi connectivity index (χ4n) is 11.7. The fraction of sp³-hybridized carbons (Fsp3) is 0.100. The summed E-state index contributed by atoms with van der Waals surface area (Å²) >= 11 is 3.81. The summed E-state index contributed by atoms with van der Waals surface area (Å²) in [6.07, 6.45) is 0. The minimum atomic E-state index is -0.136. The molecule has 0 fully saturated rings. The molecule has 0 aliphatic heterocycles. The van der Waals surface area contributed by atoms with Gasteiger partial charge in [0.15, 0.2) is 0 Å². The Kier molecular flexibility index (Phi) is 7.31. The zero-order chi connectivity index (χ0) is 42.6. The number of fused-ring (bicyclic) bond motifs is 13. The third-order valence-corrected chi connectivity index (χ3v) is 17.2. The molecule has 0 amide bonds. The number of hydrogen-bond donors (Lipinski definition) is 0. The van der Waals surface area contributed by atoms with Crippen molar-refractivity contribution in [2.75, 3.05) is 0 Å². The van der Waals surface area contributed by atoms with Crippen LogP contribution in [0.1, 0.15) is 49.9 Å². The second-order valence-electron chi connectivity index (χ2n) is 18.9. The highest BCUT2D eigenvalue weighted by Gasteiger charge is 2.37. The maximum atomic E-state index is 2.58. The van der Waals surface area contributed by atoms with Crippen LogP contribution in [0.2, 0.25) is 0 Å². The zero-order valence-electron chi connectivity index (χ0n) is 36.0. The molecule has 4 heteroatoms. The summed E-state index contributed by atoms with van der Waals surface area (Å²) in [7, 11) is 0. The molecule has 2 aliphatic rings. The summed E-state index contributed by atoms with van der Waals surface area (Å²) in [4.78, 5) is 0. The van der Waals surface area contributed by atoms with Crippen molar-refractivity contribution in [3.63, 3.8) is 0 Å². The highest BCUT2D eigenvalue weighted by atomic mass is 32.1. The summed E-state index contributed by atoms with van der Waals surface area (Å²) in [6, 6.07) is 68.9. The lowest BCUT2D eigenvalue weighted by molar-refractivity contribution is 0.659. The molecule has 2 aliphatic carbocycles. The molecule has 4 aromatic heterocycles. The molecule has 8 aromatic carbocycles. The molecule has 14 rings (SSSR count). The number of thiophene rings is 2. The summed E-state index contributed by atoms with van der Waals surface area (Å²) in [5.74, 6) is 0. The van der Waals surface area contributed by atoms with Gasteiger partial charge in [0.05, 0.1) is 22.4 Å². The van der Waals surface area contributed by atoms with Gasteiger partial charge < -0.3 is 9.13 Å². The van der Waals surface area contributed by atoms with Crippen LogP contribution in [0, 0.1) is 0 Å². The fourth-order valence-corrected chi connectivity index (χ4v) is 14.1. The van der Waals surface area contributed by atoms with Crippen LogP contribution in [-0.4, -0.2) is 9.13 Å². The van der Waals surface area contributed by atoms with Crippen molar-refractivity contribution < 1.29 is 0 Å². The van der Waals surface area contributed by atoms with E-state index in [0.717, 1.165) is 0 Å². The van der Waals surface area contributed by atoms with Gasteiger partial charge in [0.2, 0.25) is 0 Å². The van der Waals surface area contributed by atoms with Gasteiger partial charge in [0.1, 0.15) is 0 Å². The van der Waals surface area contributed by atoms with Gasteiger partial charge in [-0.25, -0.2) is 0 Å². The molecule has 0 spiro atoms. The first-order chi connectivity index (χ1) is 31.3. The van der Waals surface area contributed by atoms with Crippen molar-refractivity contribution in [3.8, 4) is 56.1 Å². The van der Waals surface area contributed by atoms with Crippen molar-refractivity contribution in [2.24, 2.45) is 0 Å². The van der Waals surface area contributed by atoms with Crippen LogP contribution < -0.4 is 0 Å². The molecule has 64 heavy (non-hydrogen) atoms. The summed E-state index contributed by atoms with van der Waals surface area (Å²) in [6.45, 7) is 9.55. The standard InChI is InChI=1S/C60H42N2S2/c1-59(2)47-23-9-5-15-37(47)39-29-27-35(31-49(39)59)61-51(45-21-13-19-43-41-17-7-11-25-55(41)63-57(43)45)33-54-53(61)34-52(46-22-14-20-44-42-18-8-12-26-56(42)64-58(44)46)62(54)36-28-30-40-38-16-6-10-24-48(38)60(3,4)50(40)32-36/h5-34H,1-4H3. The molecular weight excluding hydrogens is 813 g/mol. The van der Waals surface area contributed by atoms with Crippen LogP contribution in [0.15, 0.2) is 182 Å². The van der Waals surface area contributed by atoms with E-state index < -0.39 is 0 Å². The van der Waals surface area contributed by atoms with Gasteiger partial charge in [-0.05, 0) is 93.0 Å². The van der Waals surface area contributed by atoms with Crippen LogP contribution in [0.5, 0.6) is 0 Å². The lowest BCUT2D eigenvalue weighted by atomic mass is 9.82. The largest absolute Gasteiger partial charge is 0.308 e. The number of aromatic nitrogens is 2. The molecule has 0 saturated carbocycles. The highest BCUT2D eigenvalue weighted by Crippen LogP contribution is 2.53. The van der Waals surface area contributed by atoms with Gasteiger partial charge >= 0.3 is 0 Å². The zero-order valence-corrected chi connectivity index (χ0v) is 37.7. The van der Waals surface area contributed by atoms with Crippen molar-refractivity contribution >= 4 is 74.1 Å². The average Bonchev–Trinajstić information content (AvgIpc) is 4.16. The average molecular weight is 855 g/mol. The predicted molar refractivity (Wildman–Crippen MR) is 274 cm³/mol. The maximum Gasteiger partial charge on any atom is 0.0724 e. The molecule has 2 nitrogen and oxygen atoms in total. The maximum absolute atomic E-state index is 2.58. The third kappa shape index (κ3) is 4.79. The molecule has 0 atom stereocenters. The quantitative estimate of drug-likeness (QED) is 0.167. The Labute approximate surface area is 379 Å². The summed E-state index contributed by atoms with van der Waals surface area (Å²) in [5.41, 5.74) is 20.2. The van der Waals surface area contributed by atoms with Gasteiger partial charge in [0, 0.05) is 73.7 Å². The number of rotatable bonds is 4. The van der Waals surface area contributed by atoms with Gasteiger partial charge in [-0.2, -0.15) is 0 Å². The molecule has 12 aromatic rings. The van der Waals surface area contributed by atoms with Gasteiger partial charge in [-0.15, -0.1) is 22.7 Å². The first-order valence-electron chi connectivity index (χ1n) is 22.3. The second-order valence-corrected chi connectivity index (χ2v) is 21.0. The number of benzene rings is 8. The monoisotopic (exact) mass is 854 g/mol. The Bertz CT molecular complexity index is 3710. The van der Waals surface area contributed by atoms with E-state index >= 15 is 0 Å². The van der Waals surface area contributed by atoms with E-state index in [4.69, 9.17) is 0 Å². The van der Waals surface area contributed by atoms with E-state index in [9.17, 15) is 0 Å². The Morgan fingerprint density at radius 1 is 0.328 bits per heavy atom. The van der Waals surface area contributed by atoms with Crippen LogP contribution in [-0.2, 0) is 10.8 Å². The molecule has 0 radical (unpaired) electrons. The van der Waals surface area contributed by atoms with E-state index in [1.807, 2.05) is 22.7 Å². The second kappa shape index (κ2) is 12.8. The molecule has 304 valence electrons. The van der Waals surface area contributed by atoms with Gasteiger partial charge in [-0.3, -0.25) is 0 Å². The van der Waals surface area contributed by atoms with Crippen LogP contribution in [0.25, 0.3) is 108 Å². The van der Waals surface area contributed by atoms with Gasteiger partial charge in [-0.1, -0.05) is 161 Å². The van der Waals surface area contributed by atoms with Crippen LogP contribution in [0.3, 0.4) is 0 Å². The first kappa shape index (κ1) is 36.5. The smallest absolute Gasteiger partial charge is 0.0724 e. The van der Waals surface area contributed by atoms with E-state index in [-0.39, 0.29) is 10.8 Å². The minimum absolute atomic E-state index is 0.136. The summed E-state index contributed by atoms with van der Waals surface area (Å²) in [5, 5.41) is 5.24.